The van der Waals surface area contributed by atoms with Crippen LogP contribution in [0.5, 0.6) is 0 Å². The largest absolute Gasteiger partial charge is 0.331 e. The van der Waals surface area contributed by atoms with Crippen LogP contribution in [0.15, 0.2) is 36.7 Å². The van der Waals surface area contributed by atoms with E-state index in [1.165, 1.54) is 0 Å². The molecule has 1 atom stereocenters. The summed E-state index contributed by atoms with van der Waals surface area (Å²) in [5, 5.41) is 20.7. The molecule has 19 heavy (non-hydrogen) atoms. The molecule has 0 radical (unpaired) electrons. The lowest BCUT2D eigenvalue weighted by atomic mass is 10.2. The molecule has 0 spiro atoms. The molecular formula is C13H13N5O. The van der Waals surface area contributed by atoms with Gasteiger partial charge in [-0.25, -0.2) is 4.79 Å². The minimum Gasteiger partial charge on any atom is -0.331 e. The van der Waals surface area contributed by atoms with Crippen molar-refractivity contribution in [1.82, 2.24) is 15.5 Å². The first-order chi connectivity index (χ1) is 9.19. The van der Waals surface area contributed by atoms with Gasteiger partial charge in [0, 0.05) is 17.4 Å². The van der Waals surface area contributed by atoms with Gasteiger partial charge in [-0.1, -0.05) is 0 Å². The predicted molar refractivity (Wildman–Crippen MR) is 70.3 cm³/mol. The number of rotatable bonds is 3. The molecule has 3 N–H and O–H groups in total. The first-order valence-electron chi connectivity index (χ1n) is 5.75. The molecule has 0 unspecified atom stereocenters. The number of benzene rings is 1. The first-order valence-corrected chi connectivity index (χ1v) is 5.75. The molecule has 6 nitrogen and oxygen atoms in total. The Morgan fingerprint density at radius 2 is 2.16 bits per heavy atom. The van der Waals surface area contributed by atoms with Gasteiger partial charge in [-0.2, -0.15) is 10.4 Å². The van der Waals surface area contributed by atoms with Crippen molar-refractivity contribution in [3.63, 3.8) is 0 Å². The zero-order valence-corrected chi connectivity index (χ0v) is 10.3. The van der Waals surface area contributed by atoms with Crippen molar-refractivity contribution in [2.75, 3.05) is 5.32 Å². The number of H-pyrrole nitrogens is 1. The number of anilines is 1. The Morgan fingerprint density at radius 3 is 2.74 bits per heavy atom. The van der Waals surface area contributed by atoms with E-state index in [0.717, 1.165) is 5.56 Å². The molecule has 0 bridgehead atoms. The molecular weight excluding hydrogens is 242 g/mol. The van der Waals surface area contributed by atoms with Crippen molar-refractivity contribution in [1.29, 1.82) is 5.26 Å². The summed E-state index contributed by atoms with van der Waals surface area (Å²) >= 11 is 0. The predicted octanol–water partition coefficient (Wildman–Crippen LogP) is 2.16. The van der Waals surface area contributed by atoms with Gasteiger partial charge in [0.05, 0.1) is 23.9 Å². The Morgan fingerprint density at radius 1 is 1.42 bits per heavy atom. The second kappa shape index (κ2) is 5.69. The third-order valence-corrected chi connectivity index (χ3v) is 2.64. The van der Waals surface area contributed by atoms with E-state index >= 15 is 0 Å². The van der Waals surface area contributed by atoms with E-state index in [-0.39, 0.29) is 12.1 Å². The Labute approximate surface area is 110 Å². The van der Waals surface area contributed by atoms with Gasteiger partial charge >= 0.3 is 6.03 Å². The van der Waals surface area contributed by atoms with Gasteiger partial charge in [-0.05, 0) is 31.2 Å². The van der Waals surface area contributed by atoms with E-state index in [9.17, 15) is 4.79 Å². The van der Waals surface area contributed by atoms with E-state index in [1.807, 2.05) is 13.0 Å². The molecule has 0 saturated carbocycles. The Bertz CT molecular complexity index is 582. The summed E-state index contributed by atoms with van der Waals surface area (Å²) in [6, 6.07) is 8.23. The van der Waals surface area contributed by atoms with Gasteiger partial charge in [0.25, 0.3) is 0 Å². The molecule has 2 amide bonds. The fraction of sp³-hybridized carbons (Fsp3) is 0.154. The number of nitrogens with zero attached hydrogens (tertiary/aromatic N) is 2. The molecule has 96 valence electrons. The van der Waals surface area contributed by atoms with E-state index < -0.39 is 0 Å². The molecule has 0 fully saturated rings. The summed E-state index contributed by atoms with van der Waals surface area (Å²) in [5.74, 6) is 0. The summed E-state index contributed by atoms with van der Waals surface area (Å²) in [5.41, 5.74) is 2.09. The van der Waals surface area contributed by atoms with Crippen molar-refractivity contribution in [3.05, 3.63) is 47.8 Å². The Hall–Kier alpha value is -2.81. The number of carbonyl (C=O) groups is 1. The first kappa shape index (κ1) is 12.6. The molecule has 0 aliphatic heterocycles. The molecule has 1 heterocycles. The van der Waals surface area contributed by atoms with Crippen LogP contribution in [0.1, 0.15) is 24.1 Å². The van der Waals surface area contributed by atoms with E-state index in [0.29, 0.717) is 11.3 Å². The van der Waals surface area contributed by atoms with Crippen LogP contribution in [0.25, 0.3) is 0 Å². The molecule has 0 aliphatic carbocycles. The van der Waals surface area contributed by atoms with Gasteiger partial charge in [0.1, 0.15) is 0 Å². The van der Waals surface area contributed by atoms with Gasteiger partial charge in [-0.15, -0.1) is 0 Å². The fourth-order valence-corrected chi connectivity index (χ4v) is 1.57. The van der Waals surface area contributed by atoms with Gasteiger partial charge in [0.2, 0.25) is 0 Å². The quantitative estimate of drug-likeness (QED) is 0.784. The third kappa shape index (κ3) is 3.33. The number of nitrogens with one attached hydrogen (secondary N) is 3. The number of nitriles is 1. The second-order valence-corrected chi connectivity index (χ2v) is 4.04. The number of amides is 2. The highest BCUT2D eigenvalue weighted by Crippen LogP contribution is 2.11. The van der Waals surface area contributed by atoms with E-state index in [4.69, 9.17) is 5.26 Å². The Balaban J connectivity index is 1.92. The molecule has 0 saturated heterocycles. The minimum atomic E-state index is -0.307. The number of hydrogen-bond donors (Lipinski definition) is 3. The number of urea groups is 1. The average Bonchev–Trinajstić information content (AvgIpc) is 2.93. The fourth-order valence-electron chi connectivity index (χ4n) is 1.57. The standard InChI is InChI=1S/C13H13N5O/c1-9(11-7-15-16-8-11)17-13(19)18-12-4-2-10(6-14)3-5-12/h2-5,7-9H,1H3,(H,15,16)(H2,17,18,19)/t9-/m1/s1. The lowest BCUT2D eigenvalue weighted by Gasteiger charge is -2.13. The summed E-state index contributed by atoms with van der Waals surface area (Å²) in [6.45, 7) is 1.86. The number of aromatic amines is 1. The molecule has 0 aliphatic rings. The maximum absolute atomic E-state index is 11.8. The lowest BCUT2D eigenvalue weighted by molar-refractivity contribution is 0.249. The lowest BCUT2D eigenvalue weighted by Crippen LogP contribution is -2.30. The maximum atomic E-state index is 11.8. The second-order valence-electron chi connectivity index (χ2n) is 4.04. The van der Waals surface area contributed by atoms with E-state index in [1.54, 1.807) is 36.7 Å². The van der Waals surface area contributed by atoms with Gasteiger partial charge < -0.3 is 10.6 Å². The highest BCUT2D eigenvalue weighted by molar-refractivity contribution is 5.89. The van der Waals surface area contributed by atoms with Gasteiger partial charge in [0.15, 0.2) is 0 Å². The van der Waals surface area contributed by atoms with E-state index in [2.05, 4.69) is 20.8 Å². The monoisotopic (exact) mass is 255 g/mol. The van der Waals surface area contributed by atoms with Crippen LogP contribution < -0.4 is 10.6 Å². The normalized spacial score (nSPS) is 11.4. The number of carbonyl (C=O) groups excluding carboxylic acids is 1. The SMILES string of the molecule is C[C@@H](NC(=O)Nc1ccc(C#N)cc1)c1cn[nH]c1. The Kier molecular flexibility index (Phi) is 3.78. The zero-order valence-electron chi connectivity index (χ0n) is 10.3. The van der Waals surface area contributed by atoms with Crippen molar-refractivity contribution in [3.8, 4) is 6.07 Å². The highest BCUT2D eigenvalue weighted by atomic mass is 16.2. The van der Waals surface area contributed by atoms with Crippen molar-refractivity contribution >= 4 is 11.7 Å². The maximum Gasteiger partial charge on any atom is 0.319 e. The van der Waals surface area contributed by atoms with Crippen molar-refractivity contribution < 1.29 is 4.79 Å². The third-order valence-electron chi connectivity index (χ3n) is 2.64. The minimum absolute atomic E-state index is 0.142. The van der Waals surface area contributed by atoms with Crippen LogP contribution in [0.3, 0.4) is 0 Å². The van der Waals surface area contributed by atoms with Gasteiger partial charge in [-0.3, -0.25) is 5.10 Å². The van der Waals surface area contributed by atoms with Crippen LogP contribution >= 0.6 is 0 Å². The van der Waals surface area contributed by atoms with Crippen molar-refractivity contribution in [2.24, 2.45) is 0 Å². The molecule has 1 aromatic carbocycles. The zero-order chi connectivity index (χ0) is 13.7. The summed E-state index contributed by atoms with van der Waals surface area (Å²) in [4.78, 5) is 11.8. The highest BCUT2D eigenvalue weighted by Gasteiger charge is 2.10. The number of aromatic nitrogens is 2. The van der Waals surface area contributed by atoms with Crippen LogP contribution in [0.2, 0.25) is 0 Å². The topological polar surface area (TPSA) is 93.6 Å². The molecule has 1 aromatic heterocycles. The summed E-state index contributed by atoms with van der Waals surface area (Å²) in [7, 11) is 0. The molecule has 2 rings (SSSR count). The van der Waals surface area contributed by atoms with Crippen molar-refractivity contribution in [2.45, 2.75) is 13.0 Å². The average molecular weight is 255 g/mol. The van der Waals surface area contributed by atoms with Crippen LogP contribution in [-0.4, -0.2) is 16.2 Å². The molecule has 6 heteroatoms. The summed E-state index contributed by atoms with van der Waals surface area (Å²) in [6.07, 6.45) is 3.39. The van der Waals surface area contributed by atoms with Crippen LogP contribution in [0.4, 0.5) is 10.5 Å². The smallest absolute Gasteiger partial charge is 0.319 e. The molecule has 2 aromatic rings. The van der Waals surface area contributed by atoms with Crippen LogP contribution in [-0.2, 0) is 0 Å². The number of hydrogen-bond acceptors (Lipinski definition) is 3. The summed E-state index contributed by atoms with van der Waals surface area (Å²) < 4.78 is 0. The van der Waals surface area contributed by atoms with Crippen LogP contribution in [0, 0.1) is 11.3 Å².